The van der Waals surface area contributed by atoms with Gasteiger partial charge in [0.1, 0.15) is 5.75 Å². The van der Waals surface area contributed by atoms with Gasteiger partial charge in [-0.1, -0.05) is 15.9 Å². The van der Waals surface area contributed by atoms with Gasteiger partial charge in [0.2, 0.25) is 0 Å². The van der Waals surface area contributed by atoms with Gasteiger partial charge >= 0.3 is 0 Å². The first kappa shape index (κ1) is 11.7. The number of aldehydes is 1. The van der Waals surface area contributed by atoms with Crippen LogP contribution in [0.1, 0.15) is 23.2 Å². The Balaban J connectivity index is 2.60. The normalized spacial score (nSPS) is 9.33. The first-order valence-corrected chi connectivity index (χ1v) is 5.31. The van der Waals surface area contributed by atoms with E-state index in [2.05, 4.69) is 15.9 Å². The molecule has 0 spiro atoms. The molecule has 0 amide bonds. The third-order valence-corrected chi connectivity index (χ3v) is 2.28. The highest BCUT2D eigenvalue weighted by atomic mass is 79.9. The van der Waals surface area contributed by atoms with Crippen molar-refractivity contribution < 1.29 is 9.53 Å². The Kier molecular flexibility index (Phi) is 4.85. The Hall–Kier alpha value is -1.34. The number of unbranched alkanes of at least 4 members (excludes halogenated alkanes) is 1. The van der Waals surface area contributed by atoms with E-state index in [9.17, 15) is 4.79 Å². The van der Waals surface area contributed by atoms with Crippen LogP contribution in [0.3, 0.4) is 0 Å². The Labute approximate surface area is 96.8 Å². The summed E-state index contributed by atoms with van der Waals surface area (Å²) in [5, 5.41) is 8.33. The fourth-order valence-corrected chi connectivity index (χ4v) is 1.46. The van der Waals surface area contributed by atoms with Crippen molar-refractivity contribution in [3.05, 3.63) is 28.2 Å². The predicted octanol–water partition coefficient (Wildman–Crippen LogP) is 2.94. The highest BCUT2D eigenvalue weighted by Crippen LogP contribution is 2.21. The molecule has 0 aliphatic carbocycles. The number of nitrogens with zero attached hydrogens (tertiary/aromatic N) is 1. The highest BCUT2D eigenvalue weighted by molar-refractivity contribution is 9.10. The zero-order chi connectivity index (χ0) is 11.1. The molecule has 1 aromatic carbocycles. The molecule has 0 aliphatic heterocycles. The largest absolute Gasteiger partial charge is 0.493 e. The molecule has 0 atom stereocenters. The average Bonchev–Trinajstić information content (AvgIpc) is 2.26. The first-order valence-electron chi connectivity index (χ1n) is 4.52. The van der Waals surface area contributed by atoms with Crippen molar-refractivity contribution in [2.45, 2.75) is 12.8 Å². The average molecular weight is 268 g/mol. The molecular formula is C11H10BrNO2. The molecule has 0 unspecified atom stereocenters. The van der Waals surface area contributed by atoms with Gasteiger partial charge < -0.3 is 4.74 Å². The molecule has 0 N–H and O–H groups in total. The first-order chi connectivity index (χ1) is 7.27. The topological polar surface area (TPSA) is 50.1 Å². The predicted molar refractivity (Wildman–Crippen MR) is 59.9 cm³/mol. The number of ether oxygens (including phenoxy) is 1. The van der Waals surface area contributed by atoms with Crippen molar-refractivity contribution in [3.63, 3.8) is 0 Å². The molecule has 1 rings (SSSR count). The molecule has 1 aromatic rings. The van der Waals surface area contributed by atoms with Gasteiger partial charge in [0, 0.05) is 10.9 Å². The van der Waals surface area contributed by atoms with E-state index in [0.717, 1.165) is 10.8 Å². The highest BCUT2D eigenvalue weighted by Gasteiger charge is 2.02. The molecule has 0 saturated carbocycles. The molecule has 0 aliphatic rings. The second kappa shape index (κ2) is 6.20. The van der Waals surface area contributed by atoms with Gasteiger partial charge in [-0.3, -0.25) is 4.79 Å². The summed E-state index contributed by atoms with van der Waals surface area (Å²) in [6.07, 6.45) is 1.89. The number of carbonyl (C=O) groups excluding carboxylic acids is 1. The molecular weight excluding hydrogens is 258 g/mol. The molecule has 0 aromatic heterocycles. The van der Waals surface area contributed by atoms with Crippen molar-refractivity contribution in [3.8, 4) is 11.8 Å². The smallest absolute Gasteiger partial charge is 0.153 e. The summed E-state index contributed by atoms with van der Waals surface area (Å²) in [6, 6.07) is 7.28. The van der Waals surface area contributed by atoms with Crippen molar-refractivity contribution in [1.29, 1.82) is 5.26 Å². The zero-order valence-corrected chi connectivity index (χ0v) is 9.66. The van der Waals surface area contributed by atoms with E-state index in [4.69, 9.17) is 10.00 Å². The van der Waals surface area contributed by atoms with Crippen LogP contribution >= 0.6 is 15.9 Å². The van der Waals surface area contributed by atoms with E-state index in [0.29, 0.717) is 30.8 Å². The minimum absolute atomic E-state index is 0.454. The molecule has 15 heavy (non-hydrogen) atoms. The van der Waals surface area contributed by atoms with E-state index >= 15 is 0 Å². The van der Waals surface area contributed by atoms with Crippen LogP contribution in [0.15, 0.2) is 22.7 Å². The maximum absolute atomic E-state index is 10.7. The minimum atomic E-state index is 0.454. The van der Waals surface area contributed by atoms with Crippen molar-refractivity contribution in [2.24, 2.45) is 0 Å². The standard InChI is InChI=1S/C11H10BrNO2/c12-10-3-4-11(9(7-10)8-14)15-6-2-1-5-13/h3-4,7-8H,1-2,6H2. The monoisotopic (exact) mass is 267 g/mol. The van der Waals surface area contributed by atoms with Crippen LogP contribution in [0.2, 0.25) is 0 Å². The number of carbonyl (C=O) groups is 1. The molecule has 3 nitrogen and oxygen atoms in total. The molecule has 78 valence electrons. The molecule has 4 heteroatoms. The van der Waals surface area contributed by atoms with Gasteiger partial charge in [0.05, 0.1) is 18.2 Å². The lowest BCUT2D eigenvalue weighted by Gasteiger charge is -2.07. The van der Waals surface area contributed by atoms with E-state index in [-0.39, 0.29) is 0 Å². The van der Waals surface area contributed by atoms with Crippen molar-refractivity contribution in [2.75, 3.05) is 6.61 Å². The Bertz CT molecular complexity index is 385. The number of rotatable bonds is 5. The Morgan fingerprint density at radius 1 is 1.53 bits per heavy atom. The Morgan fingerprint density at radius 3 is 3.00 bits per heavy atom. The minimum Gasteiger partial charge on any atom is -0.493 e. The molecule has 0 heterocycles. The van der Waals surface area contributed by atoms with Crippen LogP contribution in [0.5, 0.6) is 5.75 Å². The number of nitriles is 1. The number of halogens is 1. The van der Waals surface area contributed by atoms with Gasteiger partial charge in [-0.15, -0.1) is 0 Å². The maximum Gasteiger partial charge on any atom is 0.153 e. The van der Waals surface area contributed by atoms with E-state index < -0.39 is 0 Å². The third kappa shape index (κ3) is 3.72. The van der Waals surface area contributed by atoms with Crippen LogP contribution in [0, 0.1) is 11.3 Å². The summed E-state index contributed by atoms with van der Waals surface area (Å²) in [5.74, 6) is 0.561. The lowest BCUT2D eigenvalue weighted by molar-refractivity contribution is 0.111. The van der Waals surface area contributed by atoms with Gasteiger partial charge in [0.15, 0.2) is 6.29 Å². The fraction of sp³-hybridized carbons (Fsp3) is 0.273. The second-order valence-electron chi connectivity index (χ2n) is 2.91. The summed E-state index contributed by atoms with van der Waals surface area (Å²) < 4.78 is 6.22. The number of hydrogen-bond acceptors (Lipinski definition) is 3. The van der Waals surface area contributed by atoms with Crippen LogP contribution in [-0.2, 0) is 0 Å². The summed E-state index contributed by atoms with van der Waals surface area (Å²) in [6.45, 7) is 0.454. The van der Waals surface area contributed by atoms with Crippen LogP contribution in [0.4, 0.5) is 0 Å². The Morgan fingerprint density at radius 2 is 2.33 bits per heavy atom. The van der Waals surface area contributed by atoms with Gasteiger partial charge in [-0.25, -0.2) is 0 Å². The van der Waals surface area contributed by atoms with Crippen molar-refractivity contribution >= 4 is 22.2 Å². The van der Waals surface area contributed by atoms with Gasteiger partial charge in [-0.2, -0.15) is 5.26 Å². The lowest BCUT2D eigenvalue weighted by Crippen LogP contribution is -1.99. The van der Waals surface area contributed by atoms with Crippen LogP contribution in [0.25, 0.3) is 0 Å². The van der Waals surface area contributed by atoms with Crippen molar-refractivity contribution in [1.82, 2.24) is 0 Å². The molecule has 0 saturated heterocycles. The number of hydrogen-bond donors (Lipinski definition) is 0. The molecule has 0 fully saturated rings. The van der Waals surface area contributed by atoms with E-state index in [1.165, 1.54) is 0 Å². The summed E-state index contributed by atoms with van der Waals surface area (Å²) >= 11 is 3.27. The lowest BCUT2D eigenvalue weighted by atomic mass is 10.2. The SMILES string of the molecule is N#CCCCOc1ccc(Br)cc1C=O. The summed E-state index contributed by atoms with van der Waals surface area (Å²) in [7, 11) is 0. The van der Waals surface area contributed by atoms with E-state index in [1.54, 1.807) is 12.1 Å². The molecule has 0 radical (unpaired) electrons. The van der Waals surface area contributed by atoms with E-state index in [1.807, 2.05) is 12.1 Å². The summed E-state index contributed by atoms with van der Waals surface area (Å²) in [4.78, 5) is 10.7. The molecule has 0 bridgehead atoms. The maximum atomic E-state index is 10.7. The van der Waals surface area contributed by atoms with Crippen LogP contribution < -0.4 is 4.74 Å². The fourth-order valence-electron chi connectivity index (χ4n) is 1.08. The quantitative estimate of drug-likeness (QED) is 0.609. The van der Waals surface area contributed by atoms with Gasteiger partial charge in [-0.05, 0) is 24.6 Å². The summed E-state index contributed by atoms with van der Waals surface area (Å²) in [5.41, 5.74) is 0.515. The third-order valence-electron chi connectivity index (χ3n) is 1.79. The zero-order valence-electron chi connectivity index (χ0n) is 8.07. The van der Waals surface area contributed by atoms with Gasteiger partial charge in [0.25, 0.3) is 0 Å². The van der Waals surface area contributed by atoms with Crippen LogP contribution in [-0.4, -0.2) is 12.9 Å². The second-order valence-corrected chi connectivity index (χ2v) is 3.83. The number of benzene rings is 1.